The number of carbonyl (C=O) groups is 1. The van der Waals surface area contributed by atoms with Crippen molar-refractivity contribution < 1.29 is 14.3 Å². The predicted molar refractivity (Wildman–Crippen MR) is 96.2 cm³/mol. The zero-order valence-corrected chi connectivity index (χ0v) is 14.4. The van der Waals surface area contributed by atoms with Crippen LogP contribution in [0.25, 0.3) is 0 Å². The molecule has 1 aromatic heterocycles. The zero-order valence-electron chi connectivity index (χ0n) is 14.4. The minimum atomic E-state index is -0.284. The monoisotopic (exact) mass is 342 g/mol. The molecule has 3 rings (SSSR count). The van der Waals surface area contributed by atoms with Gasteiger partial charge in [-0.25, -0.2) is 9.78 Å². The molecular formula is C18H22N4O3. The second kappa shape index (κ2) is 7.74. The molecule has 0 atom stereocenters. The quantitative estimate of drug-likeness (QED) is 0.844. The fourth-order valence-electron chi connectivity index (χ4n) is 2.70. The van der Waals surface area contributed by atoms with E-state index in [-0.39, 0.29) is 12.8 Å². The number of ether oxygens (including phenoxy) is 2. The van der Waals surface area contributed by atoms with Crippen molar-refractivity contribution >= 4 is 17.5 Å². The molecule has 2 amide bonds. The Morgan fingerprint density at radius 2 is 2.00 bits per heavy atom. The van der Waals surface area contributed by atoms with Crippen LogP contribution in [0.2, 0.25) is 0 Å². The van der Waals surface area contributed by atoms with Crippen LogP contribution in [-0.4, -0.2) is 30.9 Å². The third-order valence-electron chi connectivity index (χ3n) is 4.00. The van der Waals surface area contributed by atoms with E-state index in [1.54, 1.807) is 24.4 Å². The lowest BCUT2D eigenvalue weighted by atomic mass is 10.2. The third kappa shape index (κ3) is 3.93. The number of nitrogens with zero attached hydrogens (tertiary/aromatic N) is 2. The van der Waals surface area contributed by atoms with Gasteiger partial charge in [0.25, 0.3) is 0 Å². The number of benzene rings is 1. The van der Waals surface area contributed by atoms with Crippen molar-refractivity contribution in [1.29, 1.82) is 0 Å². The van der Waals surface area contributed by atoms with Gasteiger partial charge in [-0.2, -0.15) is 0 Å². The number of urea groups is 1. The molecule has 1 aromatic carbocycles. The average molecular weight is 342 g/mol. The summed E-state index contributed by atoms with van der Waals surface area (Å²) in [6, 6.07) is 8.86. The second-order valence-electron chi connectivity index (χ2n) is 5.53. The summed E-state index contributed by atoms with van der Waals surface area (Å²) in [6.07, 6.45) is 1.77. The maximum absolute atomic E-state index is 12.2. The first-order chi connectivity index (χ1) is 12.2. The minimum Gasteiger partial charge on any atom is -0.454 e. The normalized spacial score (nSPS) is 11.9. The van der Waals surface area contributed by atoms with Gasteiger partial charge in [-0.05, 0) is 32.0 Å². The van der Waals surface area contributed by atoms with Gasteiger partial charge in [0.05, 0.1) is 0 Å². The first-order valence-electron chi connectivity index (χ1n) is 8.34. The number of anilines is 2. The SMILES string of the molecule is CCN(CC)c1ncccc1CNC(=O)Nc1ccc2c(c1)OCO2. The number of carbonyl (C=O) groups excluding carboxylic acids is 1. The van der Waals surface area contributed by atoms with Crippen LogP contribution in [0.3, 0.4) is 0 Å². The molecule has 1 aliphatic heterocycles. The van der Waals surface area contributed by atoms with E-state index in [4.69, 9.17) is 9.47 Å². The molecule has 0 saturated heterocycles. The lowest BCUT2D eigenvalue weighted by molar-refractivity contribution is 0.174. The van der Waals surface area contributed by atoms with Crippen molar-refractivity contribution in [2.24, 2.45) is 0 Å². The molecule has 7 heteroatoms. The van der Waals surface area contributed by atoms with Gasteiger partial charge in [0.1, 0.15) is 5.82 Å². The van der Waals surface area contributed by atoms with Crippen LogP contribution in [0.1, 0.15) is 19.4 Å². The first kappa shape index (κ1) is 16.9. The highest BCUT2D eigenvalue weighted by atomic mass is 16.7. The number of aromatic nitrogens is 1. The van der Waals surface area contributed by atoms with Gasteiger partial charge in [0.2, 0.25) is 6.79 Å². The van der Waals surface area contributed by atoms with Crippen molar-refractivity contribution in [1.82, 2.24) is 10.3 Å². The van der Waals surface area contributed by atoms with Crippen molar-refractivity contribution in [3.63, 3.8) is 0 Å². The highest BCUT2D eigenvalue weighted by Crippen LogP contribution is 2.34. The van der Waals surface area contributed by atoms with Crippen molar-refractivity contribution in [3.05, 3.63) is 42.1 Å². The van der Waals surface area contributed by atoms with Crippen LogP contribution in [0.15, 0.2) is 36.5 Å². The third-order valence-corrected chi connectivity index (χ3v) is 4.00. The smallest absolute Gasteiger partial charge is 0.319 e. The molecule has 0 fully saturated rings. The molecule has 0 spiro atoms. The number of amides is 2. The molecule has 0 radical (unpaired) electrons. The Kier molecular flexibility index (Phi) is 5.23. The van der Waals surface area contributed by atoms with E-state index in [2.05, 4.69) is 34.4 Å². The van der Waals surface area contributed by atoms with Crippen molar-refractivity contribution in [2.45, 2.75) is 20.4 Å². The van der Waals surface area contributed by atoms with E-state index in [0.29, 0.717) is 23.7 Å². The van der Waals surface area contributed by atoms with Crippen LogP contribution in [0.4, 0.5) is 16.3 Å². The van der Waals surface area contributed by atoms with Crippen LogP contribution in [0.5, 0.6) is 11.5 Å². The Bertz CT molecular complexity index is 747. The fourth-order valence-corrected chi connectivity index (χ4v) is 2.70. The molecule has 0 unspecified atom stereocenters. The Morgan fingerprint density at radius 1 is 1.20 bits per heavy atom. The molecule has 25 heavy (non-hydrogen) atoms. The van der Waals surface area contributed by atoms with Crippen molar-refractivity contribution in [2.75, 3.05) is 30.1 Å². The van der Waals surface area contributed by atoms with Gasteiger partial charge in [-0.1, -0.05) is 6.07 Å². The largest absolute Gasteiger partial charge is 0.454 e. The molecular weight excluding hydrogens is 320 g/mol. The number of hydrogen-bond acceptors (Lipinski definition) is 5. The summed E-state index contributed by atoms with van der Waals surface area (Å²) in [5.41, 5.74) is 1.63. The van der Waals surface area contributed by atoms with E-state index in [1.807, 2.05) is 12.1 Å². The Balaban J connectivity index is 1.61. The Hall–Kier alpha value is -2.96. The number of rotatable bonds is 6. The Morgan fingerprint density at radius 3 is 2.80 bits per heavy atom. The van der Waals surface area contributed by atoms with Gasteiger partial charge < -0.3 is 25.0 Å². The molecule has 1 aliphatic rings. The number of fused-ring (bicyclic) bond motifs is 1. The molecule has 7 nitrogen and oxygen atoms in total. The molecule has 2 aromatic rings. The van der Waals surface area contributed by atoms with E-state index in [1.165, 1.54) is 0 Å². The first-order valence-corrected chi connectivity index (χ1v) is 8.34. The van der Waals surface area contributed by atoms with Gasteiger partial charge >= 0.3 is 6.03 Å². The Labute approximate surface area is 147 Å². The number of hydrogen-bond donors (Lipinski definition) is 2. The summed E-state index contributed by atoms with van der Waals surface area (Å²) in [6.45, 7) is 6.51. The zero-order chi connectivity index (χ0) is 17.6. The molecule has 0 saturated carbocycles. The summed E-state index contributed by atoms with van der Waals surface area (Å²) in [4.78, 5) is 18.8. The summed E-state index contributed by atoms with van der Waals surface area (Å²) in [5.74, 6) is 2.22. The highest BCUT2D eigenvalue weighted by Gasteiger charge is 2.14. The molecule has 2 heterocycles. The van der Waals surface area contributed by atoms with Crippen LogP contribution < -0.4 is 25.0 Å². The molecule has 2 N–H and O–H groups in total. The maximum Gasteiger partial charge on any atom is 0.319 e. The average Bonchev–Trinajstić information content (AvgIpc) is 3.10. The fraction of sp³-hybridized carbons (Fsp3) is 0.333. The number of pyridine rings is 1. The molecule has 0 bridgehead atoms. The van der Waals surface area contributed by atoms with Crippen LogP contribution >= 0.6 is 0 Å². The standard InChI is InChI=1S/C18H22N4O3/c1-3-22(4-2)17-13(6-5-9-19-17)11-20-18(23)21-14-7-8-15-16(10-14)25-12-24-15/h5-10H,3-4,11-12H2,1-2H3,(H2,20,21,23). The van der Waals surface area contributed by atoms with Gasteiger partial charge in [-0.15, -0.1) is 0 Å². The summed E-state index contributed by atoms with van der Waals surface area (Å²) in [7, 11) is 0. The van der Waals surface area contributed by atoms with Crippen molar-refractivity contribution in [3.8, 4) is 11.5 Å². The maximum atomic E-state index is 12.2. The minimum absolute atomic E-state index is 0.208. The summed E-state index contributed by atoms with van der Waals surface area (Å²) >= 11 is 0. The van der Waals surface area contributed by atoms with Crippen LogP contribution in [-0.2, 0) is 6.54 Å². The van der Waals surface area contributed by atoms with E-state index >= 15 is 0 Å². The van der Waals surface area contributed by atoms with Crippen LogP contribution in [0, 0.1) is 0 Å². The van der Waals surface area contributed by atoms with Gasteiger partial charge in [-0.3, -0.25) is 0 Å². The highest BCUT2D eigenvalue weighted by molar-refractivity contribution is 5.89. The molecule has 132 valence electrons. The lowest BCUT2D eigenvalue weighted by Crippen LogP contribution is -2.30. The van der Waals surface area contributed by atoms with E-state index in [9.17, 15) is 4.79 Å². The van der Waals surface area contributed by atoms with Gasteiger partial charge in [0, 0.05) is 43.1 Å². The molecule has 0 aliphatic carbocycles. The van der Waals surface area contributed by atoms with Gasteiger partial charge in [0.15, 0.2) is 11.5 Å². The summed E-state index contributed by atoms with van der Waals surface area (Å²) < 4.78 is 10.6. The summed E-state index contributed by atoms with van der Waals surface area (Å²) in [5, 5.41) is 5.67. The number of nitrogens with one attached hydrogen (secondary N) is 2. The lowest BCUT2D eigenvalue weighted by Gasteiger charge is -2.22. The second-order valence-corrected chi connectivity index (χ2v) is 5.53. The predicted octanol–water partition coefficient (Wildman–Crippen LogP) is 2.98. The topological polar surface area (TPSA) is 75.7 Å². The van der Waals surface area contributed by atoms with E-state index < -0.39 is 0 Å². The van der Waals surface area contributed by atoms with E-state index in [0.717, 1.165) is 24.5 Å².